The molecule has 7 nitrogen and oxygen atoms in total. The van der Waals surface area contributed by atoms with Gasteiger partial charge in [0.2, 0.25) is 15.9 Å². The maximum atomic E-state index is 13.0. The fourth-order valence-corrected chi connectivity index (χ4v) is 4.79. The van der Waals surface area contributed by atoms with E-state index in [9.17, 15) is 13.2 Å². The van der Waals surface area contributed by atoms with Crippen LogP contribution >= 0.6 is 0 Å². The zero-order valence-electron chi connectivity index (χ0n) is 15.5. The molecule has 1 aromatic rings. The van der Waals surface area contributed by atoms with Crippen LogP contribution < -0.4 is 13.8 Å². The molecule has 0 saturated carbocycles. The lowest BCUT2D eigenvalue weighted by atomic mass is 10.00. The van der Waals surface area contributed by atoms with Crippen molar-refractivity contribution in [3.8, 4) is 11.5 Å². The van der Waals surface area contributed by atoms with Crippen LogP contribution in [-0.2, 0) is 14.8 Å². The quantitative estimate of drug-likeness (QED) is 0.795. The van der Waals surface area contributed by atoms with Crippen LogP contribution in [0.3, 0.4) is 0 Å². The van der Waals surface area contributed by atoms with Crippen LogP contribution in [0.2, 0.25) is 0 Å². The Bertz CT molecular complexity index is 780. The molecule has 144 valence electrons. The number of hydrogen-bond acceptors (Lipinski definition) is 5. The Morgan fingerprint density at radius 3 is 2.62 bits per heavy atom. The minimum absolute atomic E-state index is 0.170. The Labute approximate surface area is 154 Å². The molecule has 0 spiro atoms. The van der Waals surface area contributed by atoms with E-state index >= 15 is 0 Å². The van der Waals surface area contributed by atoms with Crippen molar-refractivity contribution in [2.24, 2.45) is 5.92 Å². The van der Waals surface area contributed by atoms with E-state index in [2.05, 4.69) is 6.92 Å². The van der Waals surface area contributed by atoms with Gasteiger partial charge in [0.15, 0.2) is 11.5 Å². The number of amides is 1. The van der Waals surface area contributed by atoms with E-state index in [1.807, 2.05) is 0 Å². The van der Waals surface area contributed by atoms with Crippen molar-refractivity contribution in [2.45, 2.75) is 32.7 Å². The molecule has 2 atom stereocenters. The number of piperidine rings is 1. The standard InChI is InChI=1S/C18H26N2O5S/c1-13-5-4-8-19(12-13)18(21)14(2)20(26(3,22)23)15-6-7-16-17(11-15)25-10-9-24-16/h6-7,11,13-14H,4-5,8-10,12H2,1-3H3/t13-,14-/m1/s1. The molecule has 1 amide bonds. The Morgan fingerprint density at radius 1 is 1.27 bits per heavy atom. The zero-order chi connectivity index (χ0) is 18.9. The van der Waals surface area contributed by atoms with Gasteiger partial charge in [-0.15, -0.1) is 0 Å². The van der Waals surface area contributed by atoms with Gasteiger partial charge in [0.25, 0.3) is 0 Å². The smallest absolute Gasteiger partial charge is 0.246 e. The van der Waals surface area contributed by atoms with E-state index < -0.39 is 16.1 Å². The van der Waals surface area contributed by atoms with E-state index in [0.29, 0.717) is 49.4 Å². The largest absolute Gasteiger partial charge is 0.486 e. The van der Waals surface area contributed by atoms with Gasteiger partial charge < -0.3 is 14.4 Å². The summed E-state index contributed by atoms with van der Waals surface area (Å²) in [5.41, 5.74) is 0.405. The maximum absolute atomic E-state index is 13.0. The number of carbonyl (C=O) groups excluding carboxylic acids is 1. The number of fused-ring (bicyclic) bond motifs is 1. The number of ether oxygens (including phenoxy) is 2. The highest BCUT2D eigenvalue weighted by Gasteiger charge is 2.34. The normalized spacial score (nSPS) is 21.2. The molecular formula is C18H26N2O5S. The molecule has 1 fully saturated rings. The summed E-state index contributed by atoms with van der Waals surface area (Å²) >= 11 is 0. The predicted molar refractivity (Wildman–Crippen MR) is 99.2 cm³/mol. The topological polar surface area (TPSA) is 76.2 Å². The molecule has 1 saturated heterocycles. The molecule has 0 radical (unpaired) electrons. The van der Waals surface area contributed by atoms with Crippen molar-refractivity contribution in [1.82, 2.24) is 4.90 Å². The van der Waals surface area contributed by atoms with Gasteiger partial charge in [0.1, 0.15) is 19.3 Å². The van der Waals surface area contributed by atoms with Crippen LogP contribution in [0, 0.1) is 5.92 Å². The number of sulfonamides is 1. The molecule has 0 aromatic heterocycles. The van der Waals surface area contributed by atoms with Gasteiger partial charge in [-0.1, -0.05) is 6.92 Å². The molecule has 2 aliphatic heterocycles. The highest BCUT2D eigenvalue weighted by Crippen LogP contribution is 2.35. The van der Waals surface area contributed by atoms with Gasteiger partial charge in [0.05, 0.1) is 11.9 Å². The lowest BCUT2D eigenvalue weighted by Gasteiger charge is -2.36. The summed E-state index contributed by atoms with van der Waals surface area (Å²) < 4.78 is 37.2. The fraction of sp³-hybridized carbons (Fsp3) is 0.611. The number of rotatable bonds is 4. The Kier molecular flexibility index (Phi) is 5.32. The summed E-state index contributed by atoms with van der Waals surface area (Å²) in [6.45, 7) is 5.96. The monoisotopic (exact) mass is 382 g/mol. The van der Waals surface area contributed by atoms with E-state index in [1.165, 1.54) is 4.31 Å². The number of carbonyl (C=O) groups is 1. The number of likely N-dealkylation sites (tertiary alicyclic amines) is 1. The first kappa shape index (κ1) is 18.8. The molecule has 2 aliphatic rings. The Morgan fingerprint density at radius 2 is 1.96 bits per heavy atom. The summed E-state index contributed by atoms with van der Waals surface area (Å²) in [6, 6.07) is 4.13. The molecule has 0 N–H and O–H groups in total. The molecular weight excluding hydrogens is 356 g/mol. The maximum Gasteiger partial charge on any atom is 0.246 e. The second kappa shape index (κ2) is 7.34. The van der Waals surface area contributed by atoms with Gasteiger partial charge in [-0.2, -0.15) is 0 Å². The number of nitrogens with zero attached hydrogens (tertiary/aromatic N) is 2. The van der Waals surface area contributed by atoms with Crippen molar-refractivity contribution in [3.63, 3.8) is 0 Å². The van der Waals surface area contributed by atoms with E-state index in [-0.39, 0.29) is 5.91 Å². The lowest BCUT2D eigenvalue weighted by molar-refractivity contribution is -0.133. The summed E-state index contributed by atoms with van der Waals surface area (Å²) in [6.07, 6.45) is 3.16. The molecule has 0 aliphatic carbocycles. The Balaban J connectivity index is 1.90. The zero-order valence-corrected chi connectivity index (χ0v) is 16.3. The van der Waals surface area contributed by atoms with Crippen LogP contribution in [0.5, 0.6) is 11.5 Å². The third kappa shape index (κ3) is 3.90. The summed E-state index contributed by atoms with van der Waals surface area (Å²) in [5, 5.41) is 0. The van der Waals surface area contributed by atoms with Crippen molar-refractivity contribution in [1.29, 1.82) is 0 Å². The molecule has 0 unspecified atom stereocenters. The van der Waals surface area contributed by atoms with Gasteiger partial charge >= 0.3 is 0 Å². The minimum atomic E-state index is -3.65. The molecule has 8 heteroatoms. The fourth-order valence-electron chi connectivity index (χ4n) is 3.63. The molecule has 26 heavy (non-hydrogen) atoms. The first-order valence-electron chi connectivity index (χ1n) is 8.95. The molecule has 1 aromatic carbocycles. The van der Waals surface area contributed by atoms with Crippen molar-refractivity contribution < 1.29 is 22.7 Å². The van der Waals surface area contributed by atoms with Gasteiger partial charge in [-0.25, -0.2) is 8.42 Å². The number of benzene rings is 1. The number of hydrogen-bond donors (Lipinski definition) is 0. The lowest BCUT2D eigenvalue weighted by Crippen LogP contribution is -2.51. The highest BCUT2D eigenvalue weighted by atomic mass is 32.2. The second-order valence-corrected chi connectivity index (χ2v) is 8.95. The van der Waals surface area contributed by atoms with Gasteiger partial charge in [-0.3, -0.25) is 9.10 Å². The van der Waals surface area contributed by atoms with Crippen molar-refractivity contribution in [3.05, 3.63) is 18.2 Å². The predicted octanol–water partition coefficient (Wildman–Crippen LogP) is 1.87. The first-order chi connectivity index (χ1) is 12.3. The summed E-state index contributed by atoms with van der Waals surface area (Å²) in [5.74, 6) is 1.34. The summed E-state index contributed by atoms with van der Waals surface area (Å²) in [4.78, 5) is 14.7. The minimum Gasteiger partial charge on any atom is -0.486 e. The van der Waals surface area contributed by atoms with Crippen LogP contribution in [0.25, 0.3) is 0 Å². The van der Waals surface area contributed by atoms with Crippen LogP contribution in [0.1, 0.15) is 26.7 Å². The van der Waals surface area contributed by atoms with Crippen molar-refractivity contribution >= 4 is 21.6 Å². The summed E-state index contributed by atoms with van der Waals surface area (Å²) in [7, 11) is -3.65. The van der Waals surface area contributed by atoms with Crippen LogP contribution in [-0.4, -0.2) is 57.8 Å². The van der Waals surface area contributed by atoms with E-state index in [0.717, 1.165) is 19.1 Å². The van der Waals surface area contributed by atoms with Crippen molar-refractivity contribution in [2.75, 3.05) is 36.9 Å². The highest BCUT2D eigenvalue weighted by molar-refractivity contribution is 7.92. The Hall–Kier alpha value is -1.96. The average Bonchev–Trinajstić information content (AvgIpc) is 2.60. The second-order valence-electron chi connectivity index (χ2n) is 7.09. The van der Waals surface area contributed by atoms with Gasteiger partial charge in [-0.05, 0) is 37.8 Å². The number of anilines is 1. The third-order valence-corrected chi connectivity index (χ3v) is 6.06. The van der Waals surface area contributed by atoms with Crippen LogP contribution in [0.15, 0.2) is 18.2 Å². The SMILES string of the molecule is C[C@@H]1CCCN(C(=O)[C@@H](C)N(c2ccc3c(c2)OCCO3)S(C)(=O)=O)C1. The average molecular weight is 382 g/mol. The third-order valence-electron chi connectivity index (χ3n) is 4.82. The van der Waals surface area contributed by atoms with Gasteiger partial charge in [0, 0.05) is 19.2 Å². The molecule has 3 rings (SSSR count). The molecule has 2 heterocycles. The van der Waals surface area contributed by atoms with E-state index in [1.54, 1.807) is 30.0 Å². The van der Waals surface area contributed by atoms with Crippen LogP contribution in [0.4, 0.5) is 5.69 Å². The molecule has 0 bridgehead atoms. The first-order valence-corrected chi connectivity index (χ1v) is 10.8. The van der Waals surface area contributed by atoms with E-state index in [4.69, 9.17) is 9.47 Å².